The molecule has 5 rings (SSSR count). The lowest BCUT2D eigenvalue weighted by molar-refractivity contribution is -0.124. The van der Waals surface area contributed by atoms with Crippen LogP contribution in [0.15, 0.2) is 79.0 Å². The molecule has 2 N–H and O–H groups in total. The van der Waals surface area contributed by atoms with Crippen molar-refractivity contribution in [1.82, 2.24) is 20.5 Å². The molecular weight excluding hydrogens is 460 g/mol. The number of para-hydroxylation sites is 1. The summed E-state index contributed by atoms with van der Waals surface area (Å²) in [6, 6.07) is 23.4. The van der Waals surface area contributed by atoms with Crippen molar-refractivity contribution in [2.75, 3.05) is 13.1 Å². The Bertz CT molecular complexity index is 1420. The number of amides is 2. The van der Waals surface area contributed by atoms with Crippen molar-refractivity contribution >= 4 is 33.5 Å². The number of hydrogen-bond acceptors (Lipinski definition) is 4. The molecule has 1 aliphatic heterocycles. The largest absolute Gasteiger partial charge is 0.350 e. The van der Waals surface area contributed by atoms with E-state index >= 15 is 0 Å². The summed E-state index contributed by atoms with van der Waals surface area (Å²) < 4.78 is 0. The lowest BCUT2D eigenvalue weighted by Gasteiger charge is -2.23. The van der Waals surface area contributed by atoms with Gasteiger partial charge in [0.15, 0.2) is 0 Å². The van der Waals surface area contributed by atoms with Crippen LogP contribution in [0.1, 0.15) is 42.6 Å². The smallest absolute Gasteiger partial charge is 0.251 e. The molecule has 4 aromatic rings. The Kier molecular flexibility index (Phi) is 7.47. The molecular formula is C31H34N4O2. The highest BCUT2D eigenvalue weighted by Gasteiger charge is 2.28. The van der Waals surface area contributed by atoms with Gasteiger partial charge >= 0.3 is 0 Å². The predicted octanol–water partition coefficient (Wildman–Crippen LogP) is 4.92. The van der Waals surface area contributed by atoms with E-state index in [4.69, 9.17) is 0 Å². The first-order valence-electron chi connectivity index (χ1n) is 13.1. The third-order valence-corrected chi connectivity index (χ3v) is 7.01. The monoisotopic (exact) mass is 494 g/mol. The number of carbonyl (C=O) groups is 2. The maximum Gasteiger partial charge on any atom is 0.251 e. The highest BCUT2D eigenvalue weighted by atomic mass is 16.2. The van der Waals surface area contributed by atoms with E-state index in [0.29, 0.717) is 12.0 Å². The van der Waals surface area contributed by atoms with E-state index in [9.17, 15) is 9.59 Å². The topological polar surface area (TPSA) is 74.3 Å². The summed E-state index contributed by atoms with van der Waals surface area (Å²) in [6.45, 7) is 6.63. The van der Waals surface area contributed by atoms with Crippen LogP contribution in [0.5, 0.6) is 0 Å². The summed E-state index contributed by atoms with van der Waals surface area (Å²) in [7, 11) is 0. The highest BCUT2D eigenvalue weighted by molar-refractivity contribution is 6.00. The van der Waals surface area contributed by atoms with Gasteiger partial charge in [0, 0.05) is 42.8 Å². The van der Waals surface area contributed by atoms with Gasteiger partial charge in [-0.1, -0.05) is 62.4 Å². The molecule has 1 saturated heterocycles. The molecule has 1 aromatic heterocycles. The number of nitrogens with zero attached hydrogens (tertiary/aromatic N) is 2. The summed E-state index contributed by atoms with van der Waals surface area (Å²) in [4.78, 5) is 33.3. The van der Waals surface area contributed by atoms with Gasteiger partial charge < -0.3 is 10.6 Å². The number of rotatable bonds is 8. The summed E-state index contributed by atoms with van der Waals surface area (Å²) in [5.41, 5.74) is 2.74. The van der Waals surface area contributed by atoms with Crippen LogP contribution in [-0.2, 0) is 11.3 Å². The molecule has 0 saturated carbocycles. The fourth-order valence-electron chi connectivity index (χ4n) is 5.13. The first-order valence-corrected chi connectivity index (χ1v) is 13.1. The van der Waals surface area contributed by atoms with Crippen molar-refractivity contribution in [3.05, 3.63) is 90.1 Å². The Labute approximate surface area is 218 Å². The number of likely N-dealkylation sites (tertiary alicyclic amines) is 1. The van der Waals surface area contributed by atoms with Gasteiger partial charge in [-0.05, 0) is 59.4 Å². The molecule has 37 heavy (non-hydrogen) atoms. The van der Waals surface area contributed by atoms with Crippen molar-refractivity contribution in [3.8, 4) is 0 Å². The van der Waals surface area contributed by atoms with Crippen molar-refractivity contribution in [2.45, 2.75) is 45.3 Å². The third-order valence-electron chi connectivity index (χ3n) is 7.01. The normalized spacial score (nSPS) is 16.8. The average Bonchev–Trinajstić information content (AvgIpc) is 3.34. The van der Waals surface area contributed by atoms with Gasteiger partial charge in [-0.15, -0.1) is 0 Å². The van der Waals surface area contributed by atoms with Crippen LogP contribution in [0.25, 0.3) is 21.7 Å². The van der Waals surface area contributed by atoms with Crippen molar-refractivity contribution in [1.29, 1.82) is 0 Å². The molecule has 6 nitrogen and oxygen atoms in total. The number of pyridine rings is 1. The lowest BCUT2D eigenvalue weighted by Crippen LogP contribution is -2.50. The summed E-state index contributed by atoms with van der Waals surface area (Å²) >= 11 is 0. The second-order valence-electron chi connectivity index (χ2n) is 10.5. The van der Waals surface area contributed by atoms with E-state index in [2.05, 4.69) is 46.5 Å². The first-order chi connectivity index (χ1) is 17.9. The summed E-state index contributed by atoms with van der Waals surface area (Å²) in [5, 5.41) is 9.44. The zero-order valence-corrected chi connectivity index (χ0v) is 21.5. The van der Waals surface area contributed by atoms with Crippen molar-refractivity contribution < 1.29 is 9.59 Å². The number of carbonyl (C=O) groups excluding carboxylic acids is 2. The molecule has 2 atom stereocenters. The third kappa shape index (κ3) is 6.15. The van der Waals surface area contributed by atoms with Crippen molar-refractivity contribution in [2.24, 2.45) is 5.92 Å². The number of hydrogen-bond donors (Lipinski definition) is 2. The van der Waals surface area contributed by atoms with Crippen LogP contribution in [0.3, 0.4) is 0 Å². The standard InChI is InChI=1S/C31H34N4O2/c1-21(2)15-29(34-30(36)26-12-11-23-7-3-4-8-24(23)17-26)31(37)33-27-13-14-35(20-27)19-22-16-25-9-5-6-10-28(25)32-18-22/h3-12,16-18,21,27,29H,13-15,19-20H2,1-2H3,(H,33,37)(H,34,36)/t27-,29-/m0/s1. The minimum absolute atomic E-state index is 0.0631. The van der Waals surface area contributed by atoms with Gasteiger partial charge in [-0.25, -0.2) is 0 Å². The van der Waals surface area contributed by atoms with E-state index in [0.717, 1.165) is 47.7 Å². The zero-order valence-electron chi connectivity index (χ0n) is 21.5. The molecule has 0 radical (unpaired) electrons. The maximum absolute atomic E-state index is 13.3. The minimum Gasteiger partial charge on any atom is -0.350 e. The summed E-state index contributed by atoms with van der Waals surface area (Å²) in [6.07, 6.45) is 3.42. The Morgan fingerprint density at radius 3 is 2.54 bits per heavy atom. The number of aromatic nitrogens is 1. The van der Waals surface area contributed by atoms with Crippen LogP contribution in [0.2, 0.25) is 0 Å². The SMILES string of the molecule is CC(C)C[C@H](NC(=O)c1ccc2ccccc2c1)C(=O)N[C@H]1CCN(Cc2cnc3ccccc3c2)C1. The van der Waals surface area contributed by atoms with E-state index in [-0.39, 0.29) is 23.8 Å². The van der Waals surface area contributed by atoms with Gasteiger partial charge in [-0.2, -0.15) is 0 Å². The van der Waals surface area contributed by atoms with Crippen LogP contribution in [0.4, 0.5) is 0 Å². The first kappa shape index (κ1) is 24.9. The molecule has 2 amide bonds. The second kappa shape index (κ2) is 11.1. The number of fused-ring (bicyclic) bond motifs is 2. The molecule has 1 aliphatic rings. The van der Waals surface area contributed by atoms with E-state index in [1.54, 1.807) is 0 Å². The Morgan fingerprint density at radius 2 is 1.73 bits per heavy atom. The summed E-state index contributed by atoms with van der Waals surface area (Å²) in [5.74, 6) is -0.0569. The van der Waals surface area contributed by atoms with Crippen LogP contribution in [-0.4, -0.2) is 46.9 Å². The zero-order chi connectivity index (χ0) is 25.8. The molecule has 0 aliphatic carbocycles. The molecule has 0 bridgehead atoms. The molecule has 0 spiro atoms. The second-order valence-corrected chi connectivity index (χ2v) is 10.5. The number of benzene rings is 3. The van der Waals surface area contributed by atoms with Gasteiger partial charge in [-0.3, -0.25) is 19.5 Å². The minimum atomic E-state index is -0.572. The van der Waals surface area contributed by atoms with Gasteiger partial charge in [0.2, 0.25) is 5.91 Å². The van der Waals surface area contributed by atoms with Gasteiger partial charge in [0.25, 0.3) is 5.91 Å². The van der Waals surface area contributed by atoms with Crippen LogP contribution in [0, 0.1) is 5.92 Å². The molecule has 190 valence electrons. The van der Waals surface area contributed by atoms with E-state index in [1.807, 2.05) is 66.9 Å². The van der Waals surface area contributed by atoms with Gasteiger partial charge in [0.1, 0.15) is 6.04 Å². The van der Waals surface area contributed by atoms with Crippen molar-refractivity contribution in [3.63, 3.8) is 0 Å². The van der Waals surface area contributed by atoms with Gasteiger partial charge in [0.05, 0.1) is 5.52 Å². The van der Waals surface area contributed by atoms with Crippen LogP contribution < -0.4 is 10.6 Å². The molecule has 2 heterocycles. The van der Waals surface area contributed by atoms with Crippen LogP contribution >= 0.6 is 0 Å². The van der Waals surface area contributed by atoms with E-state index < -0.39 is 6.04 Å². The average molecular weight is 495 g/mol. The highest BCUT2D eigenvalue weighted by Crippen LogP contribution is 2.19. The Morgan fingerprint density at radius 1 is 0.973 bits per heavy atom. The molecule has 0 unspecified atom stereocenters. The number of nitrogens with one attached hydrogen (secondary N) is 2. The molecule has 1 fully saturated rings. The fourth-order valence-corrected chi connectivity index (χ4v) is 5.13. The maximum atomic E-state index is 13.3. The Hall–Kier alpha value is -3.77. The molecule has 3 aromatic carbocycles. The van der Waals surface area contributed by atoms with E-state index in [1.165, 1.54) is 5.56 Å². The molecule has 6 heteroatoms. The quantitative estimate of drug-likeness (QED) is 0.365. The Balaban J connectivity index is 1.19. The predicted molar refractivity (Wildman–Crippen MR) is 148 cm³/mol. The fraction of sp³-hybridized carbons (Fsp3) is 0.323. The lowest BCUT2D eigenvalue weighted by atomic mass is 10.0.